The van der Waals surface area contributed by atoms with Crippen LogP contribution in [0.15, 0.2) is 36.8 Å². The number of aliphatic hydroxyl groups is 1. The van der Waals surface area contributed by atoms with Gasteiger partial charge in [-0.3, -0.25) is 9.69 Å². The number of aromatic nitrogens is 2. The van der Waals surface area contributed by atoms with Gasteiger partial charge >= 0.3 is 0 Å². The number of anilines is 1. The summed E-state index contributed by atoms with van der Waals surface area (Å²) in [4.78, 5) is 24.7. The number of likely N-dealkylation sites (N-methyl/N-ethyl adjacent to an activating group) is 1. The molecular formula is C25H25Cl2N4O2S. The van der Waals surface area contributed by atoms with Crippen molar-refractivity contribution in [2.75, 3.05) is 18.9 Å². The summed E-state index contributed by atoms with van der Waals surface area (Å²) in [5.41, 5.74) is 3.64. The molecule has 3 heterocycles. The lowest BCUT2D eigenvalue weighted by Crippen LogP contribution is -2.32. The van der Waals surface area contributed by atoms with Gasteiger partial charge in [0.25, 0.3) is 0 Å². The number of aliphatic hydroxyl groups excluding tert-OH is 1. The minimum Gasteiger partial charge on any atom is -0.393 e. The molecule has 4 atom stereocenters. The lowest BCUT2D eigenvalue weighted by molar-refractivity contribution is 0.104. The van der Waals surface area contributed by atoms with E-state index in [9.17, 15) is 9.90 Å². The molecule has 2 aliphatic rings. The summed E-state index contributed by atoms with van der Waals surface area (Å²) in [7, 11) is 2.06. The van der Waals surface area contributed by atoms with Crippen LogP contribution < -0.4 is 5.32 Å². The summed E-state index contributed by atoms with van der Waals surface area (Å²) < 4.78 is 0.582. The number of hydrogen-bond donors (Lipinski definition) is 2. The average molecular weight is 516 g/mol. The van der Waals surface area contributed by atoms with E-state index in [0.717, 1.165) is 24.1 Å². The number of nitrogens with one attached hydrogen (secondary N) is 1. The highest BCUT2D eigenvalue weighted by molar-refractivity contribution is 7.18. The molecule has 0 spiro atoms. The van der Waals surface area contributed by atoms with E-state index < -0.39 is 6.10 Å². The molecule has 1 saturated carbocycles. The Labute approximate surface area is 212 Å². The molecule has 177 valence electrons. The molecule has 1 radical (unpaired) electrons. The Balaban J connectivity index is 1.46. The van der Waals surface area contributed by atoms with E-state index in [4.69, 9.17) is 23.2 Å². The maximum Gasteiger partial charge on any atom is 0.208 e. The molecule has 6 nitrogen and oxygen atoms in total. The standard InChI is InChI=1S/C25H25Cl2N4O2S/c1-13-7-16(9-20(13)32)30-25-19(11-28-12-29-25)23(33)21-10-18(24(27)34-21)22-17-8-15(26)4-3-14(17)5-6-31(22)2/h3-4,8,10-13,16,20,22,32H,1,5-7,9H2,2H3,(H,28,29,30)/t13-,16-,20+,22+/m1/s1. The molecule has 1 aliphatic heterocycles. The molecule has 0 unspecified atom stereocenters. The first-order valence-corrected chi connectivity index (χ1v) is 12.8. The molecular weight excluding hydrogens is 491 g/mol. The lowest BCUT2D eigenvalue weighted by atomic mass is 9.89. The summed E-state index contributed by atoms with van der Waals surface area (Å²) in [6.07, 6.45) is 4.70. The van der Waals surface area contributed by atoms with Gasteiger partial charge in [-0.15, -0.1) is 11.3 Å². The molecule has 0 amide bonds. The highest BCUT2D eigenvalue weighted by Crippen LogP contribution is 2.42. The third-order valence-corrected chi connectivity index (χ3v) is 8.39. The maximum absolute atomic E-state index is 13.5. The van der Waals surface area contributed by atoms with Crippen molar-refractivity contribution in [2.45, 2.75) is 37.5 Å². The van der Waals surface area contributed by atoms with Crippen molar-refractivity contribution in [3.63, 3.8) is 0 Å². The Kier molecular flexibility index (Phi) is 6.66. The minimum absolute atomic E-state index is 0.00132. The Hall–Kier alpha value is -2.03. The highest BCUT2D eigenvalue weighted by Gasteiger charge is 2.33. The van der Waals surface area contributed by atoms with Gasteiger partial charge in [0.05, 0.1) is 26.9 Å². The number of benzene rings is 1. The number of hydrogen-bond acceptors (Lipinski definition) is 7. The fraction of sp³-hybridized carbons (Fsp3) is 0.360. The van der Waals surface area contributed by atoms with Gasteiger partial charge in [-0.05, 0) is 68.5 Å². The molecule has 2 aromatic heterocycles. The molecule has 1 aromatic carbocycles. The number of ketones is 1. The molecule has 0 saturated heterocycles. The summed E-state index contributed by atoms with van der Waals surface area (Å²) in [5.74, 6) is 0.237. The predicted octanol–water partition coefficient (Wildman–Crippen LogP) is 5.04. The highest BCUT2D eigenvalue weighted by atomic mass is 35.5. The molecule has 9 heteroatoms. The fourth-order valence-corrected chi connectivity index (χ4v) is 6.41. The van der Waals surface area contributed by atoms with Crippen LogP contribution in [0.5, 0.6) is 0 Å². The van der Waals surface area contributed by atoms with Crippen LogP contribution >= 0.6 is 34.5 Å². The number of fused-ring (bicyclic) bond motifs is 1. The Morgan fingerprint density at radius 1 is 1.26 bits per heavy atom. The van der Waals surface area contributed by atoms with Crippen LogP contribution in [-0.2, 0) is 6.42 Å². The predicted molar refractivity (Wildman–Crippen MR) is 136 cm³/mol. The van der Waals surface area contributed by atoms with E-state index in [1.165, 1.54) is 29.4 Å². The van der Waals surface area contributed by atoms with E-state index in [0.29, 0.717) is 38.5 Å². The van der Waals surface area contributed by atoms with Crippen molar-refractivity contribution >= 4 is 46.1 Å². The monoisotopic (exact) mass is 515 g/mol. The number of carbonyl (C=O) groups is 1. The maximum atomic E-state index is 13.5. The number of nitrogens with zero attached hydrogens (tertiary/aromatic N) is 3. The van der Waals surface area contributed by atoms with Crippen LogP contribution in [0.1, 0.15) is 50.8 Å². The van der Waals surface area contributed by atoms with Gasteiger partial charge in [0.1, 0.15) is 12.1 Å². The molecule has 3 aromatic rings. The van der Waals surface area contributed by atoms with Gasteiger partial charge in [0.2, 0.25) is 5.78 Å². The average Bonchev–Trinajstić information content (AvgIpc) is 3.34. The molecule has 1 aliphatic carbocycles. The van der Waals surface area contributed by atoms with Crippen molar-refractivity contribution in [1.82, 2.24) is 14.9 Å². The quantitative estimate of drug-likeness (QED) is 0.463. The number of rotatable bonds is 5. The van der Waals surface area contributed by atoms with E-state index in [-0.39, 0.29) is 23.8 Å². The molecule has 5 rings (SSSR count). The fourth-order valence-electron chi connectivity index (χ4n) is 4.95. The van der Waals surface area contributed by atoms with E-state index >= 15 is 0 Å². The summed E-state index contributed by atoms with van der Waals surface area (Å²) >= 11 is 14.3. The number of halogens is 2. The summed E-state index contributed by atoms with van der Waals surface area (Å²) in [6, 6.07) is 7.78. The van der Waals surface area contributed by atoms with Crippen LogP contribution in [0.3, 0.4) is 0 Å². The van der Waals surface area contributed by atoms with Gasteiger partial charge < -0.3 is 10.4 Å². The van der Waals surface area contributed by atoms with Gasteiger partial charge in [0, 0.05) is 29.4 Å². The Morgan fingerprint density at radius 2 is 2.09 bits per heavy atom. The van der Waals surface area contributed by atoms with Gasteiger partial charge in [-0.2, -0.15) is 0 Å². The second kappa shape index (κ2) is 9.55. The van der Waals surface area contributed by atoms with Crippen LogP contribution in [0.4, 0.5) is 5.82 Å². The second-order valence-corrected chi connectivity index (χ2v) is 11.2. The molecule has 0 bridgehead atoms. The normalized spacial score (nSPS) is 24.7. The first-order valence-electron chi connectivity index (χ1n) is 11.2. The third kappa shape index (κ3) is 4.48. The number of thiophene rings is 1. The molecule has 34 heavy (non-hydrogen) atoms. The zero-order chi connectivity index (χ0) is 24.0. The summed E-state index contributed by atoms with van der Waals surface area (Å²) in [6.45, 7) is 4.87. The van der Waals surface area contributed by atoms with E-state index in [2.05, 4.69) is 40.2 Å². The van der Waals surface area contributed by atoms with Crippen molar-refractivity contribution < 1.29 is 9.90 Å². The van der Waals surface area contributed by atoms with Crippen molar-refractivity contribution in [3.8, 4) is 0 Å². The van der Waals surface area contributed by atoms with Gasteiger partial charge in [-0.25, -0.2) is 9.97 Å². The lowest BCUT2D eigenvalue weighted by Gasteiger charge is -2.34. The molecule has 2 N–H and O–H groups in total. The zero-order valence-electron chi connectivity index (χ0n) is 18.7. The van der Waals surface area contributed by atoms with Crippen molar-refractivity contribution in [2.24, 2.45) is 5.92 Å². The Morgan fingerprint density at radius 3 is 2.85 bits per heavy atom. The van der Waals surface area contributed by atoms with Crippen LogP contribution in [0.25, 0.3) is 0 Å². The molecule has 1 fully saturated rings. The first-order chi connectivity index (χ1) is 16.3. The van der Waals surface area contributed by atoms with Crippen LogP contribution in [0, 0.1) is 12.8 Å². The minimum atomic E-state index is -0.457. The van der Waals surface area contributed by atoms with Crippen molar-refractivity contribution in [1.29, 1.82) is 0 Å². The van der Waals surface area contributed by atoms with E-state index in [1.807, 2.05) is 18.2 Å². The van der Waals surface area contributed by atoms with Crippen LogP contribution in [-0.4, -0.2) is 51.5 Å². The smallest absolute Gasteiger partial charge is 0.208 e. The van der Waals surface area contributed by atoms with Gasteiger partial charge in [0.15, 0.2) is 0 Å². The summed E-state index contributed by atoms with van der Waals surface area (Å²) in [5, 5.41) is 14.0. The van der Waals surface area contributed by atoms with E-state index in [1.54, 1.807) is 0 Å². The van der Waals surface area contributed by atoms with Gasteiger partial charge in [-0.1, -0.05) is 29.3 Å². The zero-order valence-corrected chi connectivity index (χ0v) is 21.0. The Bertz CT molecular complexity index is 1220. The first kappa shape index (κ1) is 23.7. The second-order valence-electron chi connectivity index (χ2n) is 9.07. The SMILES string of the molecule is [CH2][C@@H]1C[C@@H](Nc2ncncc2C(=O)c2cc([C@@H]3c4cc(Cl)ccc4CCN3C)c(Cl)s2)C[C@@H]1O. The largest absolute Gasteiger partial charge is 0.393 e. The third-order valence-electron chi connectivity index (χ3n) is 6.76. The number of carbonyl (C=O) groups excluding carboxylic acids is 1. The topological polar surface area (TPSA) is 78.4 Å². The van der Waals surface area contributed by atoms with Crippen LogP contribution in [0.2, 0.25) is 9.36 Å². The van der Waals surface area contributed by atoms with Crippen molar-refractivity contribution in [3.05, 3.63) is 80.2 Å².